The lowest BCUT2D eigenvalue weighted by Gasteiger charge is -2.08. The molecule has 0 aliphatic heterocycles. The standard InChI is InChI=1S/C15H16O2.C14H14O3/c1-11(16)3-4-12-5-6-14-10-15(17-2)8-7-13(14)9-12;1-9(14(15)16)10-3-4-12-8-13(17-2)6-5-11(12)7-10/h5-10H,3-4H2,1-2H3;3-9H,1-2H3,(H,15,16)/t;9-/m.0/s1. The van der Waals surface area contributed by atoms with Gasteiger partial charge >= 0.3 is 5.97 Å². The van der Waals surface area contributed by atoms with Gasteiger partial charge in [0.15, 0.2) is 0 Å². The van der Waals surface area contributed by atoms with Crippen LogP contribution in [0.3, 0.4) is 0 Å². The molecule has 4 aromatic rings. The molecular weight excluding hydrogens is 428 g/mol. The molecule has 0 saturated carbocycles. The smallest absolute Gasteiger partial charge is 0.310 e. The molecule has 1 N–H and O–H groups in total. The molecule has 176 valence electrons. The summed E-state index contributed by atoms with van der Waals surface area (Å²) in [7, 11) is 3.30. The van der Waals surface area contributed by atoms with Crippen molar-refractivity contribution in [2.75, 3.05) is 14.2 Å². The number of carbonyl (C=O) groups is 2. The molecule has 0 unspecified atom stereocenters. The molecule has 34 heavy (non-hydrogen) atoms. The van der Waals surface area contributed by atoms with Gasteiger partial charge in [-0.25, -0.2) is 0 Å². The van der Waals surface area contributed by atoms with Gasteiger partial charge in [-0.15, -0.1) is 0 Å². The lowest BCUT2D eigenvalue weighted by molar-refractivity contribution is -0.138. The molecule has 4 rings (SSSR count). The summed E-state index contributed by atoms with van der Waals surface area (Å²) in [5.74, 6) is 0.615. The van der Waals surface area contributed by atoms with Crippen molar-refractivity contribution in [1.29, 1.82) is 0 Å². The highest BCUT2D eigenvalue weighted by molar-refractivity contribution is 5.87. The number of hydrogen-bond acceptors (Lipinski definition) is 4. The van der Waals surface area contributed by atoms with E-state index in [-0.39, 0.29) is 5.78 Å². The maximum absolute atomic E-state index is 10.9. The fraction of sp³-hybridized carbons (Fsp3) is 0.241. The number of methoxy groups -OCH3 is 2. The van der Waals surface area contributed by atoms with Gasteiger partial charge in [0.05, 0.1) is 20.1 Å². The van der Waals surface area contributed by atoms with Crippen LogP contribution in [0.5, 0.6) is 11.5 Å². The third kappa shape index (κ3) is 6.35. The zero-order valence-corrected chi connectivity index (χ0v) is 20.0. The Morgan fingerprint density at radius 2 is 1.26 bits per heavy atom. The van der Waals surface area contributed by atoms with Crippen molar-refractivity contribution in [3.8, 4) is 11.5 Å². The molecule has 0 spiro atoms. The minimum Gasteiger partial charge on any atom is -0.497 e. The van der Waals surface area contributed by atoms with Crippen LogP contribution in [0.1, 0.15) is 37.3 Å². The number of rotatable bonds is 7. The molecule has 5 nitrogen and oxygen atoms in total. The van der Waals surface area contributed by atoms with Gasteiger partial charge in [0, 0.05) is 6.42 Å². The van der Waals surface area contributed by atoms with E-state index >= 15 is 0 Å². The second kappa shape index (κ2) is 11.3. The number of ether oxygens (including phenoxy) is 2. The highest BCUT2D eigenvalue weighted by Crippen LogP contribution is 2.25. The van der Waals surface area contributed by atoms with Crippen LogP contribution in [0.25, 0.3) is 21.5 Å². The van der Waals surface area contributed by atoms with E-state index in [4.69, 9.17) is 14.6 Å². The number of ketones is 1. The Balaban J connectivity index is 0.000000191. The third-order valence-electron chi connectivity index (χ3n) is 5.82. The molecule has 0 aromatic heterocycles. The predicted octanol–water partition coefficient (Wildman–Crippen LogP) is 6.41. The molecule has 0 saturated heterocycles. The first-order chi connectivity index (χ1) is 16.3. The largest absolute Gasteiger partial charge is 0.497 e. The van der Waals surface area contributed by atoms with Gasteiger partial charge in [-0.05, 0) is 77.2 Å². The van der Waals surface area contributed by atoms with E-state index in [1.165, 1.54) is 10.9 Å². The number of hydrogen-bond donors (Lipinski definition) is 1. The van der Waals surface area contributed by atoms with Gasteiger partial charge < -0.3 is 19.4 Å². The van der Waals surface area contributed by atoms with Crippen molar-refractivity contribution in [2.24, 2.45) is 0 Å². The van der Waals surface area contributed by atoms with E-state index in [9.17, 15) is 9.59 Å². The van der Waals surface area contributed by atoms with Crippen LogP contribution < -0.4 is 9.47 Å². The fourth-order valence-electron chi connectivity index (χ4n) is 3.66. The van der Waals surface area contributed by atoms with Gasteiger partial charge in [-0.2, -0.15) is 0 Å². The highest BCUT2D eigenvalue weighted by Gasteiger charge is 2.13. The summed E-state index contributed by atoms with van der Waals surface area (Å²) in [6, 6.07) is 23.7. The summed E-state index contributed by atoms with van der Waals surface area (Å²) >= 11 is 0. The van der Waals surface area contributed by atoms with Gasteiger partial charge in [0.25, 0.3) is 0 Å². The van der Waals surface area contributed by atoms with Crippen LogP contribution in [0.4, 0.5) is 0 Å². The molecular formula is C29H30O5. The molecule has 0 amide bonds. The predicted molar refractivity (Wildman–Crippen MR) is 136 cm³/mol. The van der Waals surface area contributed by atoms with Gasteiger partial charge in [0.2, 0.25) is 0 Å². The van der Waals surface area contributed by atoms with E-state index in [1.54, 1.807) is 28.1 Å². The van der Waals surface area contributed by atoms with Crippen molar-refractivity contribution >= 4 is 33.3 Å². The molecule has 0 radical (unpaired) electrons. The first-order valence-corrected chi connectivity index (χ1v) is 11.2. The van der Waals surface area contributed by atoms with Crippen molar-refractivity contribution in [3.05, 3.63) is 83.9 Å². The Bertz CT molecular complexity index is 1310. The number of carboxylic acid groups (broad SMARTS) is 1. The average molecular weight is 459 g/mol. The van der Waals surface area contributed by atoms with E-state index in [0.29, 0.717) is 6.42 Å². The Kier molecular flexibility index (Phi) is 8.25. The van der Waals surface area contributed by atoms with Crippen molar-refractivity contribution in [2.45, 2.75) is 32.6 Å². The molecule has 0 aliphatic rings. The zero-order chi connectivity index (χ0) is 24.7. The van der Waals surface area contributed by atoms with Crippen LogP contribution in [0.2, 0.25) is 0 Å². The maximum atomic E-state index is 10.9. The number of benzene rings is 4. The van der Waals surface area contributed by atoms with E-state index in [1.807, 2.05) is 54.6 Å². The van der Waals surface area contributed by atoms with Crippen LogP contribution in [0.15, 0.2) is 72.8 Å². The van der Waals surface area contributed by atoms with E-state index in [2.05, 4.69) is 18.2 Å². The first-order valence-electron chi connectivity index (χ1n) is 11.2. The van der Waals surface area contributed by atoms with Gasteiger partial charge in [-0.3, -0.25) is 4.79 Å². The maximum Gasteiger partial charge on any atom is 0.310 e. The molecule has 0 bridgehead atoms. The summed E-state index contributed by atoms with van der Waals surface area (Å²) in [5.41, 5.74) is 2.02. The van der Waals surface area contributed by atoms with Crippen molar-refractivity contribution in [3.63, 3.8) is 0 Å². The number of aryl methyl sites for hydroxylation is 1. The minimum atomic E-state index is -0.808. The highest BCUT2D eigenvalue weighted by atomic mass is 16.5. The number of aliphatic carboxylic acids is 1. The van der Waals surface area contributed by atoms with E-state index < -0.39 is 11.9 Å². The second-order valence-corrected chi connectivity index (χ2v) is 8.28. The van der Waals surface area contributed by atoms with Gasteiger partial charge in [-0.1, -0.05) is 48.5 Å². The molecule has 4 aromatic carbocycles. The molecule has 1 atom stereocenters. The van der Waals surface area contributed by atoms with Gasteiger partial charge in [0.1, 0.15) is 17.3 Å². The van der Waals surface area contributed by atoms with Crippen molar-refractivity contribution in [1.82, 2.24) is 0 Å². The monoisotopic (exact) mass is 458 g/mol. The van der Waals surface area contributed by atoms with Crippen molar-refractivity contribution < 1.29 is 24.2 Å². The summed E-state index contributed by atoms with van der Waals surface area (Å²) in [6.07, 6.45) is 1.43. The minimum absolute atomic E-state index is 0.236. The lowest BCUT2D eigenvalue weighted by atomic mass is 9.98. The SMILES string of the molecule is COc1ccc2cc(CCC(C)=O)ccc2c1.COc1ccc2cc([C@H](C)C(=O)O)ccc2c1. The van der Waals surface area contributed by atoms with Crippen LogP contribution in [-0.2, 0) is 16.0 Å². The molecule has 0 heterocycles. The zero-order valence-electron chi connectivity index (χ0n) is 20.0. The third-order valence-corrected chi connectivity index (χ3v) is 5.82. The summed E-state index contributed by atoms with van der Waals surface area (Å²) in [5, 5.41) is 13.4. The Hall–Kier alpha value is -3.86. The number of carbonyl (C=O) groups excluding carboxylic acids is 1. The van der Waals surface area contributed by atoms with Crippen LogP contribution in [-0.4, -0.2) is 31.1 Å². The van der Waals surface area contributed by atoms with Crippen LogP contribution >= 0.6 is 0 Å². The average Bonchev–Trinajstić information content (AvgIpc) is 2.86. The number of carboxylic acids is 1. The lowest BCUT2D eigenvalue weighted by Crippen LogP contribution is -2.06. The summed E-state index contributed by atoms with van der Waals surface area (Å²) in [4.78, 5) is 21.9. The molecule has 0 aliphatic carbocycles. The first kappa shape index (κ1) is 24.8. The quantitative estimate of drug-likeness (QED) is 0.347. The van der Waals surface area contributed by atoms with E-state index in [0.717, 1.165) is 39.6 Å². The Labute approximate surface area is 199 Å². The van der Waals surface area contributed by atoms with Crippen LogP contribution in [0, 0.1) is 0 Å². The number of Topliss-reactive ketones (excluding diaryl/α,β-unsaturated/α-hetero) is 1. The Morgan fingerprint density at radius 3 is 1.79 bits per heavy atom. The summed E-state index contributed by atoms with van der Waals surface area (Å²) < 4.78 is 10.3. The number of fused-ring (bicyclic) bond motifs is 2. The molecule has 0 fully saturated rings. The fourth-order valence-corrected chi connectivity index (χ4v) is 3.66. The summed E-state index contributed by atoms with van der Waals surface area (Å²) in [6.45, 7) is 3.32. The second-order valence-electron chi connectivity index (χ2n) is 8.28. The topological polar surface area (TPSA) is 72.8 Å². The Morgan fingerprint density at radius 1 is 0.765 bits per heavy atom. The molecule has 5 heteroatoms. The normalized spacial score (nSPS) is 11.4.